The van der Waals surface area contributed by atoms with Gasteiger partial charge < -0.3 is 14.8 Å². The summed E-state index contributed by atoms with van der Waals surface area (Å²) in [5, 5.41) is 2.37. The number of aromatic nitrogens is 1. The number of benzene rings is 2. The molecule has 2 aliphatic rings. The fourth-order valence-electron chi connectivity index (χ4n) is 4.72. The summed E-state index contributed by atoms with van der Waals surface area (Å²) in [6.45, 7) is 5.50. The molecule has 5 rings (SSSR count). The van der Waals surface area contributed by atoms with Crippen LogP contribution in [0.3, 0.4) is 0 Å². The van der Waals surface area contributed by atoms with E-state index in [1.165, 1.54) is 0 Å². The molecule has 8 heteroatoms. The summed E-state index contributed by atoms with van der Waals surface area (Å²) in [6, 6.07) is 8.95. The van der Waals surface area contributed by atoms with E-state index in [0.29, 0.717) is 28.8 Å². The minimum absolute atomic E-state index is 0.134. The van der Waals surface area contributed by atoms with E-state index in [1.807, 2.05) is 12.1 Å². The molecule has 0 saturated carbocycles. The van der Waals surface area contributed by atoms with Gasteiger partial charge in [0.15, 0.2) is 0 Å². The lowest BCUT2D eigenvalue weighted by Gasteiger charge is -2.32. The van der Waals surface area contributed by atoms with Crippen molar-refractivity contribution < 1.29 is 8.42 Å². The maximum absolute atomic E-state index is 13.1. The molecule has 0 bridgehead atoms. The van der Waals surface area contributed by atoms with Gasteiger partial charge in [0.2, 0.25) is 10.0 Å². The summed E-state index contributed by atoms with van der Waals surface area (Å²) >= 11 is 0. The third-order valence-corrected chi connectivity index (χ3v) is 7.91. The van der Waals surface area contributed by atoms with E-state index in [4.69, 9.17) is 0 Å². The first kappa shape index (κ1) is 19.7. The van der Waals surface area contributed by atoms with E-state index < -0.39 is 10.0 Å². The Bertz CT molecular complexity index is 1290. The van der Waals surface area contributed by atoms with Crippen molar-refractivity contribution in [1.29, 1.82) is 0 Å². The predicted octanol–water partition coefficient (Wildman–Crippen LogP) is 1.50. The first-order valence-corrected chi connectivity index (χ1v) is 11.9. The second kappa shape index (κ2) is 7.46. The van der Waals surface area contributed by atoms with Gasteiger partial charge >= 0.3 is 0 Å². The molecule has 0 atom stereocenters. The zero-order valence-electron chi connectivity index (χ0n) is 17.1. The minimum atomic E-state index is -3.62. The number of nitrogens with zero attached hydrogens (tertiary/aromatic N) is 2. The molecule has 0 unspecified atom stereocenters. The van der Waals surface area contributed by atoms with Crippen molar-refractivity contribution in [2.45, 2.75) is 17.7 Å². The van der Waals surface area contributed by atoms with Gasteiger partial charge in [-0.2, -0.15) is 0 Å². The van der Waals surface area contributed by atoms with Gasteiger partial charge in [0.1, 0.15) is 0 Å². The van der Waals surface area contributed by atoms with Crippen molar-refractivity contribution in [2.75, 3.05) is 46.3 Å². The predicted molar refractivity (Wildman–Crippen MR) is 119 cm³/mol. The van der Waals surface area contributed by atoms with Gasteiger partial charge in [-0.15, -0.1) is 0 Å². The summed E-state index contributed by atoms with van der Waals surface area (Å²) in [7, 11) is -1.50. The molecule has 2 aromatic carbocycles. The Balaban J connectivity index is 1.37. The number of piperazine rings is 1. The molecular weight excluding hydrogens is 400 g/mol. The lowest BCUT2D eigenvalue weighted by Crippen LogP contribution is -2.45. The van der Waals surface area contributed by atoms with Gasteiger partial charge in [0.05, 0.1) is 4.90 Å². The molecule has 1 aromatic heterocycles. The molecule has 30 heavy (non-hydrogen) atoms. The number of aromatic amines is 1. The average molecular weight is 427 g/mol. The van der Waals surface area contributed by atoms with Crippen LogP contribution in [0.1, 0.15) is 17.5 Å². The molecule has 7 nitrogen and oxygen atoms in total. The maximum atomic E-state index is 13.1. The van der Waals surface area contributed by atoms with Crippen molar-refractivity contribution >= 4 is 31.7 Å². The number of likely N-dealkylation sites (N-methyl/N-ethyl adjacent to an activating group) is 1. The molecule has 2 heterocycles. The van der Waals surface area contributed by atoms with E-state index >= 15 is 0 Å². The smallest absolute Gasteiger partial charge is 0.256 e. The highest BCUT2D eigenvalue weighted by Gasteiger charge is 2.27. The Labute approximate surface area is 175 Å². The number of H-pyrrole nitrogens is 1. The van der Waals surface area contributed by atoms with E-state index in [9.17, 15) is 13.2 Å². The maximum Gasteiger partial charge on any atom is 0.256 e. The molecule has 0 radical (unpaired) electrons. The fourth-order valence-corrected chi connectivity index (χ4v) is 6.03. The normalized spacial score (nSPS) is 17.5. The van der Waals surface area contributed by atoms with Crippen molar-refractivity contribution in [3.63, 3.8) is 0 Å². The Hall–Kier alpha value is -2.26. The second-order valence-electron chi connectivity index (χ2n) is 8.33. The van der Waals surface area contributed by atoms with Crippen molar-refractivity contribution in [3.05, 3.63) is 51.8 Å². The Morgan fingerprint density at radius 3 is 2.67 bits per heavy atom. The van der Waals surface area contributed by atoms with E-state index in [0.717, 1.165) is 61.0 Å². The third-order valence-electron chi connectivity index (χ3n) is 6.36. The SMILES string of the molecule is CN1CCN(CCCNS(=O)(=O)c2ccc3[nH]c(=O)c4cccc5c4c3c2C5)CC1. The summed E-state index contributed by atoms with van der Waals surface area (Å²) in [5.74, 6) is 0. The lowest BCUT2D eigenvalue weighted by molar-refractivity contribution is 0.153. The number of pyridine rings is 1. The van der Waals surface area contributed by atoms with E-state index in [2.05, 4.69) is 26.6 Å². The largest absolute Gasteiger partial charge is 0.321 e. The first-order chi connectivity index (χ1) is 14.4. The molecule has 1 fully saturated rings. The van der Waals surface area contributed by atoms with Crippen LogP contribution >= 0.6 is 0 Å². The number of sulfonamides is 1. The van der Waals surface area contributed by atoms with Gasteiger partial charge in [-0.3, -0.25) is 4.79 Å². The van der Waals surface area contributed by atoms with Crippen LogP contribution in [0.4, 0.5) is 0 Å². The number of nitrogens with one attached hydrogen (secondary N) is 2. The van der Waals surface area contributed by atoms with Gasteiger partial charge in [-0.1, -0.05) is 12.1 Å². The van der Waals surface area contributed by atoms with Crippen LogP contribution < -0.4 is 10.3 Å². The zero-order chi connectivity index (χ0) is 20.9. The molecule has 0 spiro atoms. The summed E-state index contributed by atoms with van der Waals surface area (Å²) in [6.07, 6.45) is 1.31. The first-order valence-electron chi connectivity index (χ1n) is 10.4. The van der Waals surface area contributed by atoms with Crippen molar-refractivity contribution in [2.24, 2.45) is 0 Å². The van der Waals surface area contributed by atoms with E-state index in [1.54, 1.807) is 18.2 Å². The Morgan fingerprint density at radius 1 is 1.07 bits per heavy atom. The van der Waals surface area contributed by atoms with Crippen LogP contribution in [0, 0.1) is 0 Å². The summed E-state index contributed by atoms with van der Waals surface area (Å²) < 4.78 is 29.0. The second-order valence-corrected chi connectivity index (χ2v) is 10.1. The van der Waals surface area contributed by atoms with Crippen LogP contribution in [-0.4, -0.2) is 69.5 Å². The molecular formula is C22H26N4O3S. The van der Waals surface area contributed by atoms with Crippen LogP contribution in [0.25, 0.3) is 21.7 Å². The lowest BCUT2D eigenvalue weighted by atomic mass is 10.1. The number of hydrogen-bond acceptors (Lipinski definition) is 5. The Morgan fingerprint density at radius 2 is 1.87 bits per heavy atom. The van der Waals surface area contributed by atoms with Crippen LogP contribution in [-0.2, 0) is 16.4 Å². The molecule has 1 saturated heterocycles. The number of rotatable bonds is 6. The highest BCUT2D eigenvalue weighted by atomic mass is 32.2. The molecule has 0 amide bonds. The van der Waals surface area contributed by atoms with Crippen LogP contribution in [0.15, 0.2) is 40.0 Å². The minimum Gasteiger partial charge on any atom is -0.321 e. The van der Waals surface area contributed by atoms with Gasteiger partial charge in [0, 0.05) is 60.8 Å². The van der Waals surface area contributed by atoms with Crippen LogP contribution in [0.2, 0.25) is 0 Å². The average Bonchev–Trinajstić information content (AvgIpc) is 3.12. The fraction of sp³-hybridized carbons (Fsp3) is 0.409. The quantitative estimate of drug-likeness (QED) is 0.361. The molecule has 1 aliphatic carbocycles. The number of hydrogen-bond donors (Lipinski definition) is 2. The Kier molecular flexibility index (Phi) is 4.89. The van der Waals surface area contributed by atoms with Crippen molar-refractivity contribution in [3.8, 4) is 0 Å². The van der Waals surface area contributed by atoms with Gasteiger partial charge in [-0.25, -0.2) is 13.1 Å². The molecule has 1 aliphatic heterocycles. The standard InChI is InChI=1S/C22H26N4O3S/c1-25-10-12-26(13-11-25)9-3-8-23-30(28,29)19-7-6-18-21-17(19)14-15-4-2-5-16(20(15)21)22(27)24-18/h2,4-7,23H,3,8-14H2,1H3,(H,24,27). The molecule has 2 N–H and O–H groups in total. The molecule has 3 aromatic rings. The molecule has 158 valence electrons. The van der Waals surface area contributed by atoms with Crippen LogP contribution in [0.5, 0.6) is 0 Å². The van der Waals surface area contributed by atoms with E-state index in [-0.39, 0.29) is 5.56 Å². The summed E-state index contributed by atoms with van der Waals surface area (Å²) in [4.78, 5) is 20.3. The van der Waals surface area contributed by atoms with Gasteiger partial charge in [-0.05, 0) is 49.3 Å². The van der Waals surface area contributed by atoms with Crippen molar-refractivity contribution in [1.82, 2.24) is 19.5 Å². The highest BCUT2D eigenvalue weighted by molar-refractivity contribution is 7.89. The highest BCUT2D eigenvalue weighted by Crippen LogP contribution is 2.38. The van der Waals surface area contributed by atoms with Gasteiger partial charge in [0.25, 0.3) is 5.56 Å². The monoisotopic (exact) mass is 426 g/mol. The topological polar surface area (TPSA) is 85.5 Å². The zero-order valence-corrected chi connectivity index (χ0v) is 17.9. The summed E-state index contributed by atoms with van der Waals surface area (Å²) in [5.41, 5.74) is 2.35. The third kappa shape index (κ3) is 3.33.